The van der Waals surface area contributed by atoms with Crippen molar-refractivity contribution in [2.75, 3.05) is 6.26 Å². The van der Waals surface area contributed by atoms with Gasteiger partial charge in [-0.2, -0.15) is 0 Å². The molecule has 0 spiro atoms. The largest absolute Gasteiger partial charge is 0.250 e. The Morgan fingerprint density at radius 2 is 1.57 bits per heavy atom. The van der Waals surface area contributed by atoms with Gasteiger partial charge in [0.25, 0.3) is 0 Å². The predicted molar refractivity (Wildman–Crippen MR) is 145 cm³/mol. The maximum Gasteiger partial charge on any atom is 0.175 e. The van der Waals surface area contributed by atoms with Gasteiger partial charge in [-0.25, -0.2) is 18.4 Å². The van der Waals surface area contributed by atoms with Crippen molar-refractivity contribution in [3.05, 3.63) is 103 Å². The lowest BCUT2D eigenvalue weighted by Crippen LogP contribution is -1.96. The molecule has 0 bridgehead atoms. The van der Waals surface area contributed by atoms with E-state index >= 15 is 0 Å². The van der Waals surface area contributed by atoms with Crippen LogP contribution >= 0.6 is 23.1 Å². The molecule has 0 aliphatic carbocycles. The Bertz CT molecular complexity index is 1590. The summed E-state index contributed by atoms with van der Waals surface area (Å²) in [6.07, 6.45) is 3.05. The zero-order valence-corrected chi connectivity index (χ0v) is 21.6. The van der Waals surface area contributed by atoms with E-state index in [1.807, 2.05) is 48.7 Å². The molecule has 0 N–H and O–H groups in total. The Balaban J connectivity index is 1.60. The number of nitrogens with zero attached hydrogens (tertiary/aromatic N) is 2. The Morgan fingerprint density at radius 3 is 2.29 bits per heavy atom. The van der Waals surface area contributed by atoms with Crippen LogP contribution in [0.3, 0.4) is 0 Å². The summed E-state index contributed by atoms with van der Waals surface area (Å²) in [5.74, 6) is 0. The summed E-state index contributed by atoms with van der Waals surface area (Å²) in [6.45, 7) is 2.07. The summed E-state index contributed by atoms with van der Waals surface area (Å²) >= 11 is 3.22. The second-order valence-corrected chi connectivity index (χ2v) is 12.3. The van der Waals surface area contributed by atoms with Crippen molar-refractivity contribution >= 4 is 32.9 Å². The summed E-state index contributed by atoms with van der Waals surface area (Å²) in [5, 5.41) is 1.75. The van der Waals surface area contributed by atoms with E-state index in [2.05, 4.69) is 48.3 Å². The lowest BCUT2D eigenvalue weighted by molar-refractivity contribution is 0.602. The minimum absolute atomic E-state index is 0.300. The number of aromatic nitrogens is 2. The molecule has 5 aromatic rings. The van der Waals surface area contributed by atoms with Gasteiger partial charge in [-0.05, 0) is 55.0 Å². The summed E-state index contributed by atoms with van der Waals surface area (Å²) in [6, 6.07) is 29.5. The first-order valence-electron chi connectivity index (χ1n) is 10.9. The fraction of sp³-hybridized carbons (Fsp3) is 0.0714. The van der Waals surface area contributed by atoms with E-state index in [0.717, 1.165) is 47.8 Å². The molecule has 0 radical (unpaired) electrons. The molecule has 5 rings (SSSR count). The molecule has 2 heterocycles. The Kier molecular flexibility index (Phi) is 6.56. The monoisotopic (exact) mass is 514 g/mol. The van der Waals surface area contributed by atoms with E-state index in [-0.39, 0.29) is 0 Å². The summed E-state index contributed by atoms with van der Waals surface area (Å²) < 4.78 is 23.8. The lowest BCUT2D eigenvalue weighted by atomic mass is 10.1. The Labute approximate surface area is 213 Å². The molecule has 0 atom stereocenters. The first kappa shape index (κ1) is 23.5. The molecule has 0 aliphatic rings. The SMILES string of the molecule is Cc1cccc(-c2nc(-c3ccc(S(C)(=O)=O)cc3)sc2-c2ccnc(Sc3ccccc3)c2)c1. The minimum atomic E-state index is -3.25. The van der Waals surface area contributed by atoms with E-state index < -0.39 is 9.84 Å². The van der Waals surface area contributed by atoms with Crippen molar-refractivity contribution < 1.29 is 8.42 Å². The molecule has 0 aliphatic heterocycles. The topological polar surface area (TPSA) is 59.9 Å². The zero-order valence-electron chi connectivity index (χ0n) is 19.2. The highest BCUT2D eigenvalue weighted by atomic mass is 32.2. The van der Waals surface area contributed by atoms with Crippen LogP contribution in [0.15, 0.2) is 112 Å². The number of hydrogen-bond acceptors (Lipinski definition) is 6. The van der Waals surface area contributed by atoms with Crippen LogP contribution < -0.4 is 0 Å². The quantitative estimate of drug-likeness (QED) is 0.236. The van der Waals surface area contributed by atoms with E-state index in [4.69, 9.17) is 4.98 Å². The predicted octanol–water partition coefficient (Wildman–Crippen LogP) is 7.40. The van der Waals surface area contributed by atoms with Gasteiger partial charge in [0.1, 0.15) is 10.0 Å². The molecule has 4 nitrogen and oxygen atoms in total. The highest BCUT2D eigenvalue weighted by Gasteiger charge is 2.18. The van der Waals surface area contributed by atoms with Crippen LogP contribution in [0.4, 0.5) is 0 Å². The fourth-order valence-electron chi connectivity index (χ4n) is 3.69. The number of pyridine rings is 1. The molecule has 7 heteroatoms. The zero-order chi connectivity index (χ0) is 24.4. The first-order valence-corrected chi connectivity index (χ1v) is 14.5. The standard InChI is InChI=1S/C28H22N2O2S3/c1-19-7-6-8-21(17-19)26-27(22-15-16-29-25(18-22)33-23-9-4-3-5-10-23)34-28(30-26)20-11-13-24(14-12-20)35(2,31)32/h3-18H,1-2H3. The molecule has 0 saturated carbocycles. The van der Waals surface area contributed by atoms with Crippen molar-refractivity contribution in [2.45, 2.75) is 21.7 Å². The lowest BCUT2D eigenvalue weighted by Gasteiger charge is -2.06. The third kappa shape index (κ3) is 5.37. The van der Waals surface area contributed by atoms with Crippen LogP contribution in [-0.4, -0.2) is 24.6 Å². The number of sulfone groups is 1. The summed E-state index contributed by atoms with van der Waals surface area (Å²) in [7, 11) is -3.25. The van der Waals surface area contributed by atoms with Gasteiger partial charge in [0, 0.05) is 28.5 Å². The number of thiazole rings is 1. The van der Waals surface area contributed by atoms with Gasteiger partial charge in [-0.1, -0.05) is 65.9 Å². The van der Waals surface area contributed by atoms with Crippen molar-refractivity contribution in [3.63, 3.8) is 0 Å². The second kappa shape index (κ2) is 9.77. The van der Waals surface area contributed by atoms with Gasteiger partial charge in [0.2, 0.25) is 0 Å². The highest BCUT2D eigenvalue weighted by molar-refractivity contribution is 7.99. The van der Waals surface area contributed by atoms with Crippen molar-refractivity contribution in [1.82, 2.24) is 9.97 Å². The first-order chi connectivity index (χ1) is 16.9. The molecule has 35 heavy (non-hydrogen) atoms. The van der Waals surface area contributed by atoms with Gasteiger partial charge >= 0.3 is 0 Å². The molecule has 0 unspecified atom stereocenters. The minimum Gasteiger partial charge on any atom is -0.250 e. The smallest absolute Gasteiger partial charge is 0.175 e. The third-order valence-corrected chi connectivity index (χ3v) is 8.63. The van der Waals surface area contributed by atoms with Crippen LogP contribution in [0, 0.1) is 6.92 Å². The maximum absolute atomic E-state index is 11.9. The van der Waals surface area contributed by atoms with Gasteiger partial charge in [0.05, 0.1) is 15.5 Å². The number of benzene rings is 3. The van der Waals surface area contributed by atoms with Gasteiger partial charge in [-0.3, -0.25) is 0 Å². The molecule has 0 saturated heterocycles. The van der Waals surface area contributed by atoms with E-state index in [0.29, 0.717) is 4.90 Å². The fourth-order valence-corrected chi connectivity index (χ4v) is 6.24. The van der Waals surface area contributed by atoms with E-state index in [1.54, 1.807) is 35.2 Å². The normalized spacial score (nSPS) is 11.5. The van der Waals surface area contributed by atoms with Crippen LogP contribution in [0.5, 0.6) is 0 Å². The highest BCUT2D eigenvalue weighted by Crippen LogP contribution is 2.42. The van der Waals surface area contributed by atoms with Crippen LogP contribution in [0.1, 0.15) is 5.56 Å². The molecule has 174 valence electrons. The third-order valence-electron chi connectivity index (χ3n) is 5.41. The Morgan fingerprint density at radius 1 is 0.800 bits per heavy atom. The average Bonchev–Trinajstić information content (AvgIpc) is 3.30. The van der Waals surface area contributed by atoms with Crippen LogP contribution in [-0.2, 0) is 9.84 Å². The average molecular weight is 515 g/mol. The van der Waals surface area contributed by atoms with Crippen LogP contribution in [0.25, 0.3) is 32.3 Å². The molecule has 0 fully saturated rings. The molecule has 2 aromatic heterocycles. The molecule has 3 aromatic carbocycles. The van der Waals surface area contributed by atoms with Crippen molar-refractivity contribution in [3.8, 4) is 32.3 Å². The number of rotatable bonds is 6. The van der Waals surface area contributed by atoms with Crippen molar-refractivity contribution in [1.29, 1.82) is 0 Å². The summed E-state index contributed by atoms with van der Waals surface area (Å²) in [4.78, 5) is 12.1. The van der Waals surface area contributed by atoms with Gasteiger partial charge in [-0.15, -0.1) is 11.3 Å². The Hall–Kier alpha value is -3.26. The summed E-state index contributed by atoms with van der Waals surface area (Å²) in [5.41, 5.74) is 5.05. The number of aryl methyl sites for hydroxylation is 1. The number of hydrogen-bond donors (Lipinski definition) is 0. The van der Waals surface area contributed by atoms with Crippen molar-refractivity contribution in [2.24, 2.45) is 0 Å². The van der Waals surface area contributed by atoms with Crippen LogP contribution in [0.2, 0.25) is 0 Å². The second-order valence-electron chi connectivity index (χ2n) is 8.16. The molecule has 0 amide bonds. The van der Waals surface area contributed by atoms with Gasteiger partial charge < -0.3 is 0 Å². The molecular weight excluding hydrogens is 493 g/mol. The maximum atomic E-state index is 11.9. The van der Waals surface area contributed by atoms with E-state index in [1.165, 1.54) is 6.26 Å². The molecular formula is C28H22N2O2S3. The van der Waals surface area contributed by atoms with Gasteiger partial charge in [0.15, 0.2) is 9.84 Å². The van der Waals surface area contributed by atoms with E-state index in [9.17, 15) is 8.42 Å².